The van der Waals surface area contributed by atoms with Crippen LogP contribution in [0.3, 0.4) is 0 Å². The van der Waals surface area contributed by atoms with E-state index in [0.29, 0.717) is 6.54 Å². The fourth-order valence-corrected chi connectivity index (χ4v) is 2.74. The van der Waals surface area contributed by atoms with Crippen molar-refractivity contribution in [1.29, 1.82) is 0 Å². The van der Waals surface area contributed by atoms with Crippen LogP contribution in [0.2, 0.25) is 0 Å². The van der Waals surface area contributed by atoms with E-state index >= 15 is 0 Å². The molecule has 2 rings (SSSR count). The van der Waals surface area contributed by atoms with Gasteiger partial charge in [0.15, 0.2) is 0 Å². The fraction of sp³-hybridized carbons (Fsp3) is 0.800. The van der Waals surface area contributed by atoms with Crippen LogP contribution in [0.15, 0.2) is 11.6 Å². The summed E-state index contributed by atoms with van der Waals surface area (Å²) in [5.41, 5.74) is 1.57. The van der Waals surface area contributed by atoms with Gasteiger partial charge < -0.3 is 15.1 Å². The van der Waals surface area contributed by atoms with Gasteiger partial charge in [0.2, 0.25) is 5.91 Å². The van der Waals surface area contributed by atoms with Gasteiger partial charge in [0.25, 0.3) is 0 Å². The zero-order valence-electron chi connectivity index (χ0n) is 12.2. The normalized spacial score (nSPS) is 21.3. The molecule has 0 unspecified atom stereocenters. The molecule has 108 valence electrons. The Kier molecular flexibility index (Phi) is 5.86. The van der Waals surface area contributed by atoms with Gasteiger partial charge in [-0.2, -0.15) is 0 Å². The van der Waals surface area contributed by atoms with E-state index in [1.54, 1.807) is 5.57 Å². The first kappa shape index (κ1) is 14.5. The number of hydrogen-bond acceptors (Lipinski definition) is 3. The largest absolute Gasteiger partial charge is 0.339 e. The summed E-state index contributed by atoms with van der Waals surface area (Å²) in [6.45, 7) is 5.18. The topological polar surface area (TPSA) is 35.6 Å². The number of piperazine rings is 1. The first-order valence-corrected chi connectivity index (χ1v) is 7.60. The molecule has 0 spiro atoms. The van der Waals surface area contributed by atoms with E-state index < -0.39 is 0 Å². The van der Waals surface area contributed by atoms with Gasteiger partial charge in [-0.3, -0.25) is 4.79 Å². The first-order chi connectivity index (χ1) is 9.25. The molecule has 1 fully saturated rings. The van der Waals surface area contributed by atoms with Crippen LogP contribution in [0.1, 0.15) is 32.1 Å². The molecule has 0 radical (unpaired) electrons. The van der Waals surface area contributed by atoms with Gasteiger partial charge in [0.1, 0.15) is 0 Å². The van der Waals surface area contributed by atoms with E-state index in [4.69, 9.17) is 0 Å². The second-order valence-corrected chi connectivity index (χ2v) is 5.72. The Bertz CT molecular complexity index is 319. The number of allylic oxidation sites excluding steroid dienone is 1. The lowest BCUT2D eigenvalue weighted by Gasteiger charge is -2.32. The van der Waals surface area contributed by atoms with Gasteiger partial charge >= 0.3 is 0 Å². The van der Waals surface area contributed by atoms with Gasteiger partial charge in [-0.1, -0.05) is 11.6 Å². The summed E-state index contributed by atoms with van der Waals surface area (Å²) in [6.07, 6.45) is 8.68. The second kappa shape index (κ2) is 7.65. The number of nitrogens with one attached hydrogen (secondary N) is 1. The maximum atomic E-state index is 12.0. The lowest BCUT2D eigenvalue weighted by atomic mass is 9.97. The average molecular weight is 265 g/mol. The molecule has 2 aliphatic rings. The van der Waals surface area contributed by atoms with Crippen LogP contribution in [0.25, 0.3) is 0 Å². The van der Waals surface area contributed by atoms with Crippen molar-refractivity contribution in [3.05, 3.63) is 11.6 Å². The highest BCUT2D eigenvalue weighted by molar-refractivity contribution is 5.78. The quantitative estimate of drug-likeness (QED) is 0.600. The van der Waals surface area contributed by atoms with Crippen molar-refractivity contribution < 1.29 is 4.79 Å². The fourth-order valence-electron chi connectivity index (χ4n) is 2.74. The van der Waals surface area contributed by atoms with Crippen molar-refractivity contribution in [3.63, 3.8) is 0 Å². The van der Waals surface area contributed by atoms with E-state index in [9.17, 15) is 4.79 Å². The minimum atomic E-state index is 0.255. The lowest BCUT2D eigenvalue weighted by Crippen LogP contribution is -2.49. The van der Waals surface area contributed by atoms with Crippen LogP contribution in [0.4, 0.5) is 0 Å². The Labute approximate surface area is 116 Å². The summed E-state index contributed by atoms with van der Waals surface area (Å²) in [4.78, 5) is 16.2. The molecule has 0 bridgehead atoms. The molecule has 1 heterocycles. The second-order valence-electron chi connectivity index (χ2n) is 5.72. The van der Waals surface area contributed by atoms with Crippen molar-refractivity contribution in [2.24, 2.45) is 0 Å². The van der Waals surface area contributed by atoms with Crippen molar-refractivity contribution in [3.8, 4) is 0 Å². The molecule has 0 aromatic heterocycles. The Morgan fingerprint density at radius 2 is 2.05 bits per heavy atom. The molecule has 0 atom stereocenters. The Morgan fingerprint density at radius 3 is 2.74 bits per heavy atom. The van der Waals surface area contributed by atoms with Crippen molar-refractivity contribution >= 4 is 5.91 Å². The van der Waals surface area contributed by atoms with Crippen LogP contribution >= 0.6 is 0 Å². The number of nitrogens with zero attached hydrogens (tertiary/aromatic N) is 2. The molecular weight excluding hydrogens is 238 g/mol. The summed E-state index contributed by atoms with van der Waals surface area (Å²) >= 11 is 0. The number of hydrogen-bond donors (Lipinski definition) is 1. The third-order valence-corrected chi connectivity index (χ3v) is 4.14. The van der Waals surface area contributed by atoms with Crippen LogP contribution in [0, 0.1) is 0 Å². The molecule has 1 aliphatic heterocycles. The molecule has 0 aromatic carbocycles. The molecule has 1 saturated heterocycles. The number of amides is 1. The molecule has 4 nitrogen and oxygen atoms in total. The van der Waals surface area contributed by atoms with Crippen LogP contribution < -0.4 is 5.32 Å². The highest BCUT2D eigenvalue weighted by Gasteiger charge is 2.18. The van der Waals surface area contributed by atoms with Crippen LogP contribution in [-0.4, -0.2) is 62.0 Å². The van der Waals surface area contributed by atoms with E-state index in [2.05, 4.69) is 23.3 Å². The summed E-state index contributed by atoms with van der Waals surface area (Å²) in [5.74, 6) is 0.255. The number of likely N-dealkylation sites (N-methyl/N-ethyl adjacent to an activating group) is 1. The number of carbonyl (C=O) groups excluding carboxylic acids is 1. The first-order valence-electron chi connectivity index (χ1n) is 7.60. The van der Waals surface area contributed by atoms with Gasteiger partial charge in [0, 0.05) is 26.2 Å². The Morgan fingerprint density at radius 1 is 1.26 bits per heavy atom. The third-order valence-electron chi connectivity index (χ3n) is 4.14. The van der Waals surface area contributed by atoms with Crippen molar-refractivity contribution in [2.75, 3.05) is 46.3 Å². The summed E-state index contributed by atoms with van der Waals surface area (Å²) in [5, 5.41) is 3.30. The van der Waals surface area contributed by atoms with Gasteiger partial charge in [0.05, 0.1) is 6.54 Å². The third kappa shape index (κ3) is 4.96. The smallest absolute Gasteiger partial charge is 0.236 e. The number of rotatable bonds is 5. The predicted molar refractivity (Wildman–Crippen MR) is 78.1 cm³/mol. The number of carbonyl (C=O) groups is 1. The van der Waals surface area contributed by atoms with Crippen molar-refractivity contribution in [2.45, 2.75) is 32.1 Å². The van der Waals surface area contributed by atoms with E-state index in [1.807, 2.05) is 4.90 Å². The molecule has 19 heavy (non-hydrogen) atoms. The van der Waals surface area contributed by atoms with Gasteiger partial charge in [-0.15, -0.1) is 0 Å². The maximum Gasteiger partial charge on any atom is 0.236 e. The molecular formula is C15H27N3O. The lowest BCUT2D eigenvalue weighted by molar-refractivity contribution is -0.131. The standard InChI is InChI=1S/C15H27N3O/c1-17-9-11-18(12-10-17)15(19)13-16-8-7-14-5-3-2-4-6-14/h5,16H,2-4,6-13H2,1H3. The van der Waals surface area contributed by atoms with E-state index in [1.165, 1.54) is 25.7 Å². The molecule has 0 saturated carbocycles. The maximum absolute atomic E-state index is 12.0. The summed E-state index contributed by atoms with van der Waals surface area (Å²) in [7, 11) is 2.11. The van der Waals surface area contributed by atoms with Crippen LogP contribution in [-0.2, 0) is 4.79 Å². The molecule has 1 amide bonds. The average Bonchev–Trinajstić information content (AvgIpc) is 2.45. The predicted octanol–water partition coefficient (Wildman–Crippen LogP) is 1.24. The minimum absolute atomic E-state index is 0.255. The van der Waals surface area contributed by atoms with Crippen LogP contribution in [0.5, 0.6) is 0 Å². The van der Waals surface area contributed by atoms with Gasteiger partial charge in [-0.05, 0) is 45.7 Å². The highest BCUT2D eigenvalue weighted by atomic mass is 16.2. The molecule has 4 heteroatoms. The molecule has 1 aliphatic carbocycles. The SMILES string of the molecule is CN1CCN(C(=O)CNCCC2=CCCCC2)CC1. The zero-order valence-corrected chi connectivity index (χ0v) is 12.2. The Balaban J connectivity index is 1.57. The van der Waals surface area contributed by atoms with E-state index in [-0.39, 0.29) is 5.91 Å². The molecule has 1 N–H and O–H groups in total. The summed E-state index contributed by atoms with van der Waals surface area (Å²) < 4.78 is 0. The minimum Gasteiger partial charge on any atom is -0.339 e. The highest BCUT2D eigenvalue weighted by Crippen LogP contribution is 2.19. The monoisotopic (exact) mass is 265 g/mol. The zero-order chi connectivity index (χ0) is 13.5. The van der Waals surface area contributed by atoms with E-state index in [0.717, 1.165) is 39.1 Å². The van der Waals surface area contributed by atoms with Gasteiger partial charge in [-0.25, -0.2) is 0 Å². The Hall–Kier alpha value is -0.870. The molecule has 0 aromatic rings. The summed E-state index contributed by atoms with van der Waals surface area (Å²) in [6, 6.07) is 0. The van der Waals surface area contributed by atoms with Crippen molar-refractivity contribution in [1.82, 2.24) is 15.1 Å².